The molecule has 0 amide bonds. The summed E-state index contributed by atoms with van der Waals surface area (Å²) in [5, 5.41) is 7.23. The van der Waals surface area contributed by atoms with Crippen LogP contribution < -0.4 is 4.74 Å². The number of nitrogens with zero attached hydrogens (tertiary/aromatic N) is 4. The number of ether oxygens (including phenoxy) is 3. The molecule has 0 bridgehead atoms. The molecule has 0 aliphatic heterocycles. The van der Waals surface area contributed by atoms with Crippen molar-refractivity contribution in [3.05, 3.63) is 40.5 Å². The third-order valence-corrected chi connectivity index (χ3v) is 5.32. The van der Waals surface area contributed by atoms with Crippen molar-refractivity contribution in [1.82, 2.24) is 25.1 Å². The summed E-state index contributed by atoms with van der Waals surface area (Å²) in [5.41, 5.74) is 5.82. The van der Waals surface area contributed by atoms with Crippen LogP contribution in [0.1, 0.15) is 67.1 Å². The van der Waals surface area contributed by atoms with Crippen LogP contribution in [-0.2, 0) is 15.9 Å². The molecule has 0 aliphatic rings. The lowest BCUT2D eigenvalue weighted by molar-refractivity contribution is 0.0412. The summed E-state index contributed by atoms with van der Waals surface area (Å²) in [6.45, 7) is 8.63. The van der Waals surface area contributed by atoms with Gasteiger partial charge in [-0.15, -0.1) is 0 Å². The molecule has 3 heterocycles. The van der Waals surface area contributed by atoms with Crippen LogP contribution in [-0.4, -0.2) is 53.1 Å². The zero-order chi connectivity index (χ0) is 21.8. The molecule has 0 aliphatic carbocycles. The third-order valence-electron chi connectivity index (χ3n) is 5.32. The highest BCUT2D eigenvalue weighted by atomic mass is 16.5. The standard InChI is InChI=1S/C22H31N5O3/c1-8-16-19(25-18-13(4)26-27-21(18)23-16)15(11-28-5)20(29-6)14-9-10-17(12(2)3)24-22(14)30-7/h9-10,12,15,20H,8,11H2,1-7H3,(H,23,26,27). The monoisotopic (exact) mass is 413 g/mol. The van der Waals surface area contributed by atoms with Crippen LogP contribution in [0.5, 0.6) is 5.88 Å². The first kappa shape index (κ1) is 22.1. The van der Waals surface area contributed by atoms with E-state index in [1.54, 1.807) is 21.3 Å². The number of aryl methyl sites for hydroxylation is 2. The molecule has 3 aromatic rings. The van der Waals surface area contributed by atoms with Gasteiger partial charge in [0.1, 0.15) is 5.52 Å². The van der Waals surface area contributed by atoms with E-state index in [9.17, 15) is 0 Å². The summed E-state index contributed by atoms with van der Waals surface area (Å²) < 4.78 is 17.2. The molecule has 30 heavy (non-hydrogen) atoms. The summed E-state index contributed by atoms with van der Waals surface area (Å²) in [5.74, 6) is 0.662. The van der Waals surface area contributed by atoms with E-state index < -0.39 is 0 Å². The van der Waals surface area contributed by atoms with Crippen LogP contribution in [0.3, 0.4) is 0 Å². The lowest BCUT2D eigenvalue weighted by Gasteiger charge is -2.27. The predicted molar refractivity (Wildman–Crippen MR) is 115 cm³/mol. The summed E-state index contributed by atoms with van der Waals surface area (Å²) in [6, 6.07) is 4.05. The first-order chi connectivity index (χ1) is 14.4. The molecule has 2 atom stereocenters. The van der Waals surface area contributed by atoms with Gasteiger partial charge in [-0.3, -0.25) is 5.10 Å². The number of rotatable bonds is 9. The van der Waals surface area contributed by atoms with E-state index in [1.165, 1.54) is 0 Å². The maximum atomic E-state index is 5.98. The molecule has 0 aromatic carbocycles. The molecule has 0 spiro atoms. The normalized spacial score (nSPS) is 13.7. The van der Waals surface area contributed by atoms with Gasteiger partial charge in [-0.05, 0) is 31.4 Å². The van der Waals surface area contributed by atoms with Crippen molar-refractivity contribution in [2.24, 2.45) is 0 Å². The van der Waals surface area contributed by atoms with Gasteiger partial charge in [0.25, 0.3) is 0 Å². The quantitative estimate of drug-likeness (QED) is 0.569. The van der Waals surface area contributed by atoms with Gasteiger partial charge in [0.2, 0.25) is 5.88 Å². The molecular formula is C22H31N5O3. The van der Waals surface area contributed by atoms with E-state index >= 15 is 0 Å². The molecule has 8 nitrogen and oxygen atoms in total. The molecule has 3 rings (SSSR count). The van der Waals surface area contributed by atoms with Crippen LogP contribution >= 0.6 is 0 Å². The molecule has 8 heteroatoms. The maximum Gasteiger partial charge on any atom is 0.219 e. The van der Waals surface area contributed by atoms with Crippen molar-refractivity contribution in [3.63, 3.8) is 0 Å². The van der Waals surface area contributed by atoms with Crippen molar-refractivity contribution >= 4 is 11.2 Å². The molecule has 162 valence electrons. The fourth-order valence-electron chi connectivity index (χ4n) is 3.71. The van der Waals surface area contributed by atoms with E-state index in [-0.39, 0.29) is 12.0 Å². The number of aromatic amines is 1. The number of nitrogens with one attached hydrogen (secondary N) is 1. The van der Waals surface area contributed by atoms with Crippen molar-refractivity contribution in [2.45, 2.75) is 52.1 Å². The van der Waals surface area contributed by atoms with Crippen LogP contribution in [0.15, 0.2) is 12.1 Å². The number of hydrogen-bond acceptors (Lipinski definition) is 7. The predicted octanol–water partition coefficient (Wildman–Crippen LogP) is 3.87. The first-order valence-electron chi connectivity index (χ1n) is 10.2. The van der Waals surface area contributed by atoms with Gasteiger partial charge >= 0.3 is 0 Å². The van der Waals surface area contributed by atoms with Gasteiger partial charge in [-0.2, -0.15) is 5.10 Å². The highest BCUT2D eigenvalue weighted by molar-refractivity contribution is 5.72. The molecule has 1 N–H and O–H groups in total. The highest BCUT2D eigenvalue weighted by Crippen LogP contribution is 2.39. The lowest BCUT2D eigenvalue weighted by atomic mass is 9.91. The van der Waals surface area contributed by atoms with Gasteiger partial charge < -0.3 is 14.2 Å². The average molecular weight is 414 g/mol. The Morgan fingerprint density at radius 3 is 2.43 bits per heavy atom. The number of methoxy groups -OCH3 is 3. The topological polar surface area (TPSA) is 95.0 Å². The van der Waals surface area contributed by atoms with Crippen LogP contribution in [0, 0.1) is 6.92 Å². The fraction of sp³-hybridized carbons (Fsp3) is 0.545. The van der Waals surface area contributed by atoms with Gasteiger partial charge in [0.15, 0.2) is 5.65 Å². The second-order valence-electron chi connectivity index (χ2n) is 7.64. The second kappa shape index (κ2) is 9.49. The summed E-state index contributed by atoms with van der Waals surface area (Å²) in [6.07, 6.45) is 0.362. The van der Waals surface area contributed by atoms with Gasteiger partial charge in [0.05, 0.1) is 42.8 Å². The molecule has 0 radical (unpaired) electrons. The Bertz CT molecular complexity index is 1000. The van der Waals surface area contributed by atoms with Crippen molar-refractivity contribution in [2.75, 3.05) is 27.9 Å². The number of H-pyrrole nitrogens is 1. The Morgan fingerprint density at radius 2 is 1.83 bits per heavy atom. The van der Waals surface area contributed by atoms with Crippen molar-refractivity contribution in [3.8, 4) is 5.88 Å². The lowest BCUT2D eigenvalue weighted by Crippen LogP contribution is -2.22. The average Bonchev–Trinajstić information content (AvgIpc) is 3.12. The van der Waals surface area contributed by atoms with E-state index in [1.807, 2.05) is 19.1 Å². The second-order valence-corrected chi connectivity index (χ2v) is 7.64. The number of aromatic nitrogens is 5. The van der Waals surface area contributed by atoms with E-state index in [2.05, 4.69) is 31.0 Å². The Balaban J connectivity index is 2.15. The Morgan fingerprint density at radius 1 is 1.07 bits per heavy atom. The van der Waals surface area contributed by atoms with E-state index in [0.29, 0.717) is 24.1 Å². The third kappa shape index (κ3) is 4.15. The zero-order valence-electron chi connectivity index (χ0n) is 18.8. The van der Waals surface area contributed by atoms with Crippen molar-refractivity contribution in [1.29, 1.82) is 0 Å². The first-order valence-corrected chi connectivity index (χ1v) is 10.2. The summed E-state index contributed by atoms with van der Waals surface area (Å²) in [4.78, 5) is 14.4. The van der Waals surface area contributed by atoms with Crippen LogP contribution in [0.4, 0.5) is 0 Å². The summed E-state index contributed by atoms with van der Waals surface area (Å²) in [7, 11) is 4.99. The molecule has 0 fully saturated rings. The number of pyridine rings is 1. The zero-order valence-corrected chi connectivity index (χ0v) is 18.8. The van der Waals surface area contributed by atoms with Gasteiger partial charge in [0, 0.05) is 25.5 Å². The molecular weight excluding hydrogens is 382 g/mol. The summed E-state index contributed by atoms with van der Waals surface area (Å²) >= 11 is 0. The Hall–Kier alpha value is -2.58. The molecule has 2 unspecified atom stereocenters. The minimum Gasteiger partial charge on any atom is -0.481 e. The highest BCUT2D eigenvalue weighted by Gasteiger charge is 2.32. The molecule has 3 aromatic heterocycles. The van der Waals surface area contributed by atoms with Crippen molar-refractivity contribution < 1.29 is 14.2 Å². The van der Waals surface area contributed by atoms with Gasteiger partial charge in [-0.1, -0.05) is 20.8 Å². The Kier molecular flexibility index (Phi) is 6.99. The van der Waals surface area contributed by atoms with Crippen LogP contribution in [0.25, 0.3) is 11.2 Å². The Labute approximate surface area is 177 Å². The minimum absolute atomic E-state index is 0.193. The van der Waals surface area contributed by atoms with Crippen LogP contribution in [0.2, 0.25) is 0 Å². The van der Waals surface area contributed by atoms with E-state index in [4.69, 9.17) is 29.2 Å². The van der Waals surface area contributed by atoms with Gasteiger partial charge in [-0.25, -0.2) is 15.0 Å². The largest absolute Gasteiger partial charge is 0.481 e. The maximum absolute atomic E-state index is 5.98. The number of hydrogen-bond donors (Lipinski definition) is 1. The van der Waals surface area contributed by atoms with E-state index in [0.717, 1.165) is 40.3 Å². The minimum atomic E-state index is -0.363. The molecule has 0 saturated heterocycles. The fourth-order valence-corrected chi connectivity index (χ4v) is 3.71. The number of fused-ring (bicyclic) bond motifs is 1. The SMILES string of the molecule is CCc1nc2n[nH]c(C)c2nc1C(COC)C(OC)c1ccc(C(C)C)nc1OC. The smallest absolute Gasteiger partial charge is 0.219 e. The molecule has 0 saturated carbocycles.